The summed E-state index contributed by atoms with van der Waals surface area (Å²) in [6.45, 7) is 4.69. The van der Waals surface area contributed by atoms with Crippen molar-refractivity contribution in [1.29, 1.82) is 0 Å². The monoisotopic (exact) mass is 682 g/mol. The van der Waals surface area contributed by atoms with Crippen LogP contribution in [0.15, 0.2) is 150 Å². The topological polar surface area (TPSA) is 56.7 Å². The Balaban J connectivity index is 1.09. The highest BCUT2D eigenvalue weighted by molar-refractivity contribution is 6.15. The number of aromatic nitrogens is 4. The van der Waals surface area contributed by atoms with Gasteiger partial charge in [0.1, 0.15) is 17.2 Å². The Labute approximate surface area is 306 Å². The van der Waals surface area contributed by atoms with E-state index in [-0.39, 0.29) is 11.3 Å². The van der Waals surface area contributed by atoms with Crippen molar-refractivity contribution >= 4 is 38.9 Å². The average molecular weight is 683 g/mol. The van der Waals surface area contributed by atoms with E-state index in [0.717, 1.165) is 51.4 Å². The maximum atomic E-state index is 6.28. The van der Waals surface area contributed by atoms with E-state index in [1.807, 2.05) is 30.3 Å². The first-order chi connectivity index (χ1) is 26.0. The summed E-state index contributed by atoms with van der Waals surface area (Å²) in [6.07, 6.45) is 5.03. The molecule has 0 saturated carbocycles. The number of fused-ring (bicyclic) bond motifs is 10. The Bertz CT molecular complexity index is 2950. The molecule has 0 bridgehead atoms. The predicted molar refractivity (Wildman–Crippen MR) is 214 cm³/mol. The molecule has 5 heteroatoms. The summed E-state index contributed by atoms with van der Waals surface area (Å²) >= 11 is 0. The summed E-state index contributed by atoms with van der Waals surface area (Å²) in [5.74, 6) is 2.88. The number of benzene rings is 6. The van der Waals surface area contributed by atoms with E-state index < -0.39 is 0 Å². The first-order valence-corrected chi connectivity index (χ1v) is 18.3. The molecule has 6 aromatic carbocycles. The van der Waals surface area contributed by atoms with Gasteiger partial charge >= 0.3 is 0 Å². The molecule has 2 aliphatic carbocycles. The lowest BCUT2D eigenvalue weighted by Gasteiger charge is -2.21. The van der Waals surface area contributed by atoms with Crippen molar-refractivity contribution in [3.05, 3.63) is 174 Å². The third-order valence-corrected chi connectivity index (χ3v) is 11.4. The lowest BCUT2D eigenvalue weighted by atomic mass is 9.82. The number of rotatable bonds is 4. The molecule has 0 saturated heterocycles. The largest absolute Gasteiger partial charge is 0.456 e. The van der Waals surface area contributed by atoms with Crippen LogP contribution in [-0.4, -0.2) is 19.5 Å². The molecule has 0 aliphatic heterocycles. The Hall–Kier alpha value is -6.59. The van der Waals surface area contributed by atoms with Crippen LogP contribution in [0, 0.1) is 0 Å². The number of furan rings is 1. The molecule has 2 aliphatic rings. The Morgan fingerprint density at radius 3 is 2.15 bits per heavy atom. The van der Waals surface area contributed by atoms with Crippen molar-refractivity contribution in [3.63, 3.8) is 0 Å². The lowest BCUT2D eigenvalue weighted by Crippen LogP contribution is -2.14. The van der Waals surface area contributed by atoms with Gasteiger partial charge in [0.05, 0.1) is 17.0 Å². The van der Waals surface area contributed by atoms with Crippen molar-refractivity contribution < 1.29 is 4.42 Å². The molecule has 1 atom stereocenters. The first-order valence-electron chi connectivity index (χ1n) is 18.3. The fraction of sp³-hybridized carbons (Fsp3) is 0.104. The minimum Gasteiger partial charge on any atom is -0.456 e. The smallest absolute Gasteiger partial charge is 0.163 e. The van der Waals surface area contributed by atoms with Crippen molar-refractivity contribution in [2.75, 3.05) is 0 Å². The quantitative estimate of drug-likeness (QED) is 0.185. The van der Waals surface area contributed by atoms with Gasteiger partial charge in [-0.15, -0.1) is 0 Å². The van der Waals surface area contributed by atoms with Crippen LogP contribution < -0.4 is 0 Å². The second-order valence-electron chi connectivity index (χ2n) is 14.7. The fourth-order valence-electron chi connectivity index (χ4n) is 8.89. The van der Waals surface area contributed by atoms with Gasteiger partial charge in [-0.1, -0.05) is 123 Å². The van der Waals surface area contributed by atoms with Gasteiger partial charge in [-0.05, 0) is 65.6 Å². The molecule has 1 unspecified atom stereocenters. The second kappa shape index (κ2) is 11.2. The van der Waals surface area contributed by atoms with Crippen LogP contribution in [-0.2, 0) is 5.41 Å². The summed E-state index contributed by atoms with van der Waals surface area (Å²) in [4.78, 5) is 15.4. The Morgan fingerprint density at radius 2 is 1.32 bits per heavy atom. The maximum Gasteiger partial charge on any atom is 0.163 e. The fourth-order valence-corrected chi connectivity index (χ4v) is 8.89. The molecule has 53 heavy (non-hydrogen) atoms. The minimum atomic E-state index is -0.0876. The van der Waals surface area contributed by atoms with E-state index >= 15 is 0 Å². The van der Waals surface area contributed by atoms with E-state index in [4.69, 9.17) is 19.4 Å². The molecular formula is C48H34N4O. The van der Waals surface area contributed by atoms with Gasteiger partial charge in [0, 0.05) is 49.5 Å². The van der Waals surface area contributed by atoms with E-state index in [9.17, 15) is 0 Å². The summed E-state index contributed by atoms with van der Waals surface area (Å²) in [5, 5.41) is 3.62. The zero-order valence-corrected chi connectivity index (χ0v) is 29.4. The van der Waals surface area contributed by atoms with Gasteiger partial charge in [0.15, 0.2) is 11.6 Å². The van der Waals surface area contributed by atoms with E-state index in [1.54, 1.807) is 0 Å². The van der Waals surface area contributed by atoms with E-state index in [1.165, 1.54) is 44.1 Å². The van der Waals surface area contributed by atoms with E-state index in [0.29, 0.717) is 11.6 Å². The number of allylic oxidation sites excluding steroid dienone is 1. The molecule has 9 aromatic rings. The van der Waals surface area contributed by atoms with Crippen LogP contribution in [0.2, 0.25) is 0 Å². The molecule has 0 amide bonds. The molecule has 252 valence electrons. The van der Waals surface area contributed by atoms with Gasteiger partial charge in [-0.2, -0.15) is 0 Å². The summed E-state index contributed by atoms with van der Waals surface area (Å²) in [7, 11) is 0. The molecule has 5 nitrogen and oxygen atoms in total. The van der Waals surface area contributed by atoms with Crippen LogP contribution >= 0.6 is 0 Å². The standard InChI is InChI=1S/C48H34N4O/c1-48(2)37-19-9-6-16-34(37)43-38(48)28-27-33-32-15-7-10-20-39(32)52(44(33)43)31-25-23-30(24-26-31)46-49-45(29-13-4-3-5-14-29)50-47(51-46)36-18-12-22-41-42(36)35-17-8-11-21-40(35)53-41/h3-17,19-28,36H,18H2,1-2H3. The SMILES string of the molecule is CC1(C)c2ccccc2-c2c1ccc1c3ccccc3n(-c3ccc(-c4nc(-c5ccccc5)nc(C5CC=Cc6oc7ccccc7c65)n4)cc3)c21. The van der Waals surface area contributed by atoms with Gasteiger partial charge < -0.3 is 8.98 Å². The highest BCUT2D eigenvalue weighted by Crippen LogP contribution is 2.53. The highest BCUT2D eigenvalue weighted by Gasteiger charge is 2.37. The molecule has 3 heterocycles. The van der Waals surface area contributed by atoms with Gasteiger partial charge in [0.2, 0.25) is 0 Å². The molecule has 0 radical (unpaired) electrons. The van der Waals surface area contributed by atoms with Crippen LogP contribution in [0.4, 0.5) is 0 Å². The molecule has 0 fully saturated rings. The van der Waals surface area contributed by atoms with Crippen LogP contribution in [0.3, 0.4) is 0 Å². The molecular weight excluding hydrogens is 649 g/mol. The zero-order valence-electron chi connectivity index (χ0n) is 29.4. The Morgan fingerprint density at radius 1 is 0.623 bits per heavy atom. The van der Waals surface area contributed by atoms with Crippen LogP contribution in [0.1, 0.15) is 54.5 Å². The number of hydrogen-bond donors (Lipinski definition) is 0. The summed E-state index contributed by atoms with van der Waals surface area (Å²) < 4.78 is 8.72. The minimum absolute atomic E-state index is 0.0611. The van der Waals surface area contributed by atoms with Crippen molar-refractivity contribution in [2.45, 2.75) is 31.6 Å². The van der Waals surface area contributed by atoms with Gasteiger partial charge in [-0.25, -0.2) is 15.0 Å². The summed E-state index contributed by atoms with van der Waals surface area (Å²) in [5.41, 5.74) is 12.7. The highest BCUT2D eigenvalue weighted by atomic mass is 16.3. The third-order valence-electron chi connectivity index (χ3n) is 11.4. The van der Waals surface area contributed by atoms with Crippen molar-refractivity contribution in [3.8, 4) is 39.6 Å². The number of para-hydroxylation sites is 2. The third kappa shape index (κ3) is 4.40. The van der Waals surface area contributed by atoms with Crippen molar-refractivity contribution in [2.24, 2.45) is 0 Å². The number of nitrogens with zero attached hydrogens (tertiary/aromatic N) is 4. The van der Waals surface area contributed by atoms with Gasteiger partial charge in [-0.3, -0.25) is 0 Å². The molecule has 11 rings (SSSR count). The average Bonchev–Trinajstić information content (AvgIpc) is 3.84. The molecule has 3 aromatic heterocycles. The molecule has 0 N–H and O–H groups in total. The number of hydrogen-bond acceptors (Lipinski definition) is 4. The van der Waals surface area contributed by atoms with E-state index in [2.05, 4.69) is 140 Å². The zero-order chi connectivity index (χ0) is 35.3. The van der Waals surface area contributed by atoms with Crippen LogP contribution in [0.5, 0.6) is 0 Å². The van der Waals surface area contributed by atoms with Gasteiger partial charge in [0.25, 0.3) is 0 Å². The second-order valence-corrected chi connectivity index (χ2v) is 14.7. The Kier molecular flexibility index (Phi) is 6.36. The summed E-state index contributed by atoms with van der Waals surface area (Å²) in [6, 6.07) is 49.5. The lowest BCUT2D eigenvalue weighted by molar-refractivity contribution is 0.586. The predicted octanol–water partition coefficient (Wildman–Crippen LogP) is 11.9. The first kappa shape index (κ1) is 30.1. The van der Waals surface area contributed by atoms with Crippen molar-refractivity contribution in [1.82, 2.24) is 19.5 Å². The van der Waals surface area contributed by atoms with Crippen LogP contribution in [0.25, 0.3) is 78.4 Å². The molecule has 0 spiro atoms. The maximum absolute atomic E-state index is 6.28. The normalized spacial score (nSPS) is 15.5.